The molecule has 2 aliphatic carbocycles. The fourth-order valence-corrected chi connectivity index (χ4v) is 2.63. The summed E-state index contributed by atoms with van der Waals surface area (Å²) in [6, 6.07) is 0. The molecule has 1 fully saturated rings. The Balaban J connectivity index is 1.97. The number of hydrogen-bond donors (Lipinski definition) is 1. The van der Waals surface area contributed by atoms with Gasteiger partial charge in [0.25, 0.3) is 0 Å². The van der Waals surface area contributed by atoms with Crippen LogP contribution in [-0.2, 0) is 0 Å². The molecule has 1 N–H and O–H groups in total. The molecule has 0 aromatic heterocycles. The molecule has 1 unspecified atom stereocenters. The van der Waals surface area contributed by atoms with Gasteiger partial charge in [-0.25, -0.2) is 4.39 Å². The number of halogens is 1. The lowest BCUT2D eigenvalue weighted by atomic mass is 9.81. The van der Waals surface area contributed by atoms with Gasteiger partial charge in [0, 0.05) is 6.42 Å². The predicted octanol–water partition coefficient (Wildman–Crippen LogP) is 3.50. The van der Waals surface area contributed by atoms with Crippen LogP contribution in [0, 0.1) is 5.92 Å². The van der Waals surface area contributed by atoms with E-state index >= 15 is 0 Å². The van der Waals surface area contributed by atoms with Gasteiger partial charge in [0.1, 0.15) is 5.83 Å². The molecule has 0 aromatic carbocycles. The van der Waals surface area contributed by atoms with Crippen LogP contribution in [0.1, 0.15) is 44.9 Å². The Morgan fingerprint density at radius 1 is 1.13 bits per heavy atom. The Labute approximate surface area is 90.7 Å². The first-order chi connectivity index (χ1) is 7.27. The van der Waals surface area contributed by atoms with Gasteiger partial charge in [-0.05, 0) is 36.8 Å². The molecule has 0 heterocycles. The van der Waals surface area contributed by atoms with E-state index in [9.17, 15) is 9.50 Å². The molecule has 0 saturated heterocycles. The third-order valence-corrected chi connectivity index (χ3v) is 3.61. The van der Waals surface area contributed by atoms with Crippen molar-refractivity contribution < 1.29 is 9.50 Å². The summed E-state index contributed by atoms with van der Waals surface area (Å²) in [4.78, 5) is 0. The minimum absolute atomic E-state index is 0.0606. The smallest absolute Gasteiger partial charge is 0.100 e. The summed E-state index contributed by atoms with van der Waals surface area (Å²) in [5.41, 5.74) is 1.03. The maximum atomic E-state index is 12.8. The second-order valence-corrected chi connectivity index (χ2v) is 4.70. The number of allylic oxidation sites excluding steroid dienone is 3. The molecule has 2 rings (SSSR count). The zero-order valence-electron chi connectivity index (χ0n) is 9.08. The molecule has 0 spiro atoms. The minimum atomic E-state index is -0.324. The normalized spacial score (nSPS) is 25.7. The van der Waals surface area contributed by atoms with Crippen molar-refractivity contribution in [2.45, 2.75) is 51.0 Å². The zero-order chi connectivity index (χ0) is 10.7. The van der Waals surface area contributed by atoms with Crippen molar-refractivity contribution in [3.05, 3.63) is 23.6 Å². The molecule has 2 aliphatic rings. The fourth-order valence-electron chi connectivity index (χ4n) is 2.63. The van der Waals surface area contributed by atoms with Gasteiger partial charge in [0.2, 0.25) is 0 Å². The third-order valence-electron chi connectivity index (χ3n) is 3.61. The summed E-state index contributed by atoms with van der Waals surface area (Å²) in [6.45, 7) is 0. The highest BCUT2D eigenvalue weighted by atomic mass is 19.1. The summed E-state index contributed by atoms with van der Waals surface area (Å²) in [6.07, 6.45) is 10.2. The Bertz CT molecular complexity index is 274. The Morgan fingerprint density at radius 2 is 1.87 bits per heavy atom. The third kappa shape index (κ3) is 2.69. The lowest BCUT2D eigenvalue weighted by Crippen LogP contribution is -2.25. The molecule has 1 atom stereocenters. The number of aliphatic hydroxyl groups is 1. The van der Waals surface area contributed by atoms with Crippen LogP contribution in [-0.4, -0.2) is 11.2 Å². The minimum Gasteiger partial charge on any atom is -0.388 e. The van der Waals surface area contributed by atoms with Crippen molar-refractivity contribution in [1.82, 2.24) is 0 Å². The maximum Gasteiger partial charge on any atom is 0.100 e. The van der Waals surface area contributed by atoms with Crippen molar-refractivity contribution in [1.29, 1.82) is 0 Å². The van der Waals surface area contributed by atoms with E-state index in [2.05, 4.69) is 0 Å². The first-order valence-electron chi connectivity index (χ1n) is 6.00. The Morgan fingerprint density at radius 3 is 2.47 bits per heavy atom. The summed E-state index contributed by atoms with van der Waals surface area (Å²) in [5.74, 6) is 0.356. The summed E-state index contributed by atoms with van der Waals surface area (Å²) >= 11 is 0. The molecule has 0 amide bonds. The quantitative estimate of drug-likeness (QED) is 0.739. The molecule has 1 saturated carbocycles. The number of rotatable bonds is 2. The van der Waals surface area contributed by atoms with Gasteiger partial charge in [0.15, 0.2) is 0 Å². The van der Waals surface area contributed by atoms with Crippen LogP contribution in [0.4, 0.5) is 4.39 Å². The van der Waals surface area contributed by atoms with Crippen LogP contribution < -0.4 is 0 Å². The topological polar surface area (TPSA) is 20.2 Å². The van der Waals surface area contributed by atoms with Gasteiger partial charge in [0.05, 0.1) is 6.10 Å². The van der Waals surface area contributed by atoms with E-state index in [1.165, 1.54) is 25.3 Å². The number of hydrogen-bond acceptors (Lipinski definition) is 1. The van der Waals surface area contributed by atoms with Gasteiger partial charge in [-0.15, -0.1) is 0 Å². The second kappa shape index (κ2) is 4.93. The van der Waals surface area contributed by atoms with Crippen LogP contribution in [0.25, 0.3) is 0 Å². The van der Waals surface area contributed by atoms with E-state index in [1.807, 2.05) is 0 Å². The zero-order valence-corrected chi connectivity index (χ0v) is 9.08. The van der Waals surface area contributed by atoms with Gasteiger partial charge >= 0.3 is 0 Å². The summed E-state index contributed by atoms with van der Waals surface area (Å²) < 4.78 is 12.8. The Hall–Kier alpha value is -0.630. The fraction of sp³-hybridized carbons (Fsp3) is 0.692. The van der Waals surface area contributed by atoms with E-state index in [0.717, 1.165) is 18.4 Å². The lowest BCUT2D eigenvalue weighted by Gasteiger charge is -2.29. The van der Waals surface area contributed by atoms with Crippen molar-refractivity contribution in [2.75, 3.05) is 0 Å². The van der Waals surface area contributed by atoms with Gasteiger partial charge in [-0.3, -0.25) is 0 Å². The van der Waals surface area contributed by atoms with Gasteiger partial charge in [-0.1, -0.05) is 25.3 Å². The molecular formula is C13H19FO. The number of aliphatic hydroxyl groups excluding tert-OH is 1. The summed E-state index contributed by atoms with van der Waals surface area (Å²) in [5, 5.41) is 10.2. The largest absolute Gasteiger partial charge is 0.388 e. The summed E-state index contributed by atoms with van der Waals surface area (Å²) in [7, 11) is 0. The second-order valence-electron chi connectivity index (χ2n) is 4.70. The first-order valence-corrected chi connectivity index (χ1v) is 6.00. The van der Waals surface area contributed by atoms with Crippen LogP contribution >= 0.6 is 0 Å². The van der Waals surface area contributed by atoms with Crippen LogP contribution in [0.5, 0.6) is 0 Å². The highest BCUT2D eigenvalue weighted by Crippen LogP contribution is 2.32. The molecule has 0 bridgehead atoms. The molecule has 0 aromatic rings. The SMILES string of the molecule is OC(C1=CC=C(F)CC1)C1CCCCC1. The lowest BCUT2D eigenvalue weighted by molar-refractivity contribution is 0.111. The van der Waals surface area contributed by atoms with E-state index < -0.39 is 0 Å². The van der Waals surface area contributed by atoms with Crippen molar-refractivity contribution in [2.24, 2.45) is 5.92 Å². The van der Waals surface area contributed by atoms with E-state index in [-0.39, 0.29) is 11.9 Å². The van der Waals surface area contributed by atoms with Crippen LogP contribution in [0.15, 0.2) is 23.6 Å². The molecule has 0 aliphatic heterocycles. The van der Waals surface area contributed by atoms with Crippen molar-refractivity contribution >= 4 is 0 Å². The van der Waals surface area contributed by atoms with Gasteiger partial charge in [-0.2, -0.15) is 0 Å². The first kappa shape index (κ1) is 10.9. The van der Waals surface area contributed by atoms with E-state index in [4.69, 9.17) is 0 Å². The standard InChI is InChI=1S/C13H19FO/c14-12-8-6-11(7-9-12)13(15)10-4-2-1-3-5-10/h6,8,10,13,15H,1-5,7,9H2. The molecule has 1 nitrogen and oxygen atoms in total. The molecule has 0 radical (unpaired) electrons. The average molecular weight is 210 g/mol. The average Bonchev–Trinajstić information content (AvgIpc) is 2.30. The van der Waals surface area contributed by atoms with Crippen LogP contribution in [0.2, 0.25) is 0 Å². The van der Waals surface area contributed by atoms with Gasteiger partial charge < -0.3 is 5.11 Å². The molecule has 15 heavy (non-hydrogen) atoms. The maximum absolute atomic E-state index is 12.8. The molecule has 2 heteroatoms. The van der Waals surface area contributed by atoms with Crippen molar-refractivity contribution in [3.8, 4) is 0 Å². The predicted molar refractivity (Wildman–Crippen MR) is 59.1 cm³/mol. The highest BCUT2D eigenvalue weighted by Gasteiger charge is 2.25. The molecular weight excluding hydrogens is 191 g/mol. The molecule has 84 valence electrons. The van der Waals surface area contributed by atoms with E-state index in [0.29, 0.717) is 18.8 Å². The Kier molecular flexibility index (Phi) is 3.57. The highest BCUT2D eigenvalue weighted by molar-refractivity contribution is 5.24. The van der Waals surface area contributed by atoms with E-state index in [1.54, 1.807) is 6.08 Å². The van der Waals surface area contributed by atoms with Crippen molar-refractivity contribution in [3.63, 3.8) is 0 Å². The van der Waals surface area contributed by atoms with Crippen LogP contribution in [0.3, 0.4) is 0 Å². The monoisotopic (exact) mass is 210 g/mol.